The molecule has 7 heteroatoms. The Labute approximate surface area is 189 Å². The lowest BCUT2D eigenvalue weighted by Crippen LogP contribution is -2.41. The Morgan fingerprint density at radius 2 is 1.65 bits per heavy atom. The molecule has 2 aliphatic heterocycles. The van der Waals surface area contributed by atoms with E-state index in [1.54, 1.807) is 6.07 Å². The minimum atomic E-state index is -1.05. The summed E-state index contributed by atoms with van der Waals surface area (Å²) in [6.45, 7) is 9.36. The number of hydrogen-bond acceptors (Lipinski definition) is 4. The number of ether oxygens (including phenoxy) is 1. The van der Waals surface area contributed by atoms with Crippen molar-refractivity contribution in [1.29, 1.82) is 0 Å². The van der Waals surface area contributed by atoms with Crippen LogP contribution in [0.4, 0.5) is 10.1 Å². The van der Waals surface area contributed by atoms with Gasteiger partial charge in [-0.2, -0.15) is 0 Å². The van der Waals surface area contributed by atoms with Gasteiger partial charge in [-0.1, -0.05) is 29.8 Å². The molecular formula is C24H28BClFNO3. The average Bonchev–Trinajstić information content (AvgIpc) is 3.31. The van der Waals surface area contributed by atoms with E-state index in [9.17, 15) is 0 Å². The van der Waals surface area contributed by atoms with E-state index in [1.807, 2.05) is 64.1 Å². The maximum atomic E-state index is 15.2. The lowest BCUT2D eigenvalue weighted by Gasteiger charge is -2.32. The van der Waals surface area contributed by atoms with Gasteiger partial charge in [-0.25, -0.2) is 4.39 Å². The van der Waals surface area contributed by atoms with Gasteiger partial charge in [0, 0.05) is 18.7 Å². The van der Waals surface area contributed by atoms with Crippen LogP contribution in [0.5, 0.6) is 11.5 Å². The molecule has 0 radical (unpaired) electrons. The predicted molar refractivity (Wildman–Crippen MR) is 125 cm³/mol. The van der Waals surface area contributed by atoms with Crippen molar-refractivity contribution < 1.29 is 18.4 Å². The van der Waals surface area contributed by atoms with Crippen LogP contribution in [0.25, 0.3) is 6.08 Å². The van der Waals surface area contributed by atoms with Crippen LogP contribution in [-0.2, 0) is 9.31 Å². The van der Waals surface area contributed by atoms with E-state index in [-0.39, 0.29) is 0 Å². The van der Waals surface area contributed by atoms with Crippen molar-refractivity contribution in [1.82, 2.24) is 0 Å². The van der Waals surface area contributed by atoms with Gasteiger partial charge in [0.2, 0.25) is 0 Å². The quantitative estimate of drug-likeness (QED) is 0.483. The second-order valence-electron chi connectivity index (χ2n) is 9.04. The van der Waals surface area contributed by atoms with Crippen LogP contribution >= 0.6 is 11.6 Å². The van der Waals surface area contributed by atoms with Crippen molar-refractivity contribution in [2.75, 3.05) is 18.0 Å². The van der Waals surface area contributed by atoms with Crippen LogP contribution in [0.1, 0.15) is 46.1 Å². The van der Waals surface area contributed by atoms with Gasteiger partial charge in [-0.3, -0.25) is 0 Å². The Bertz CT molecular complexity index is 958. The molecule has 2 aromatic carbocycles. The van der Waals surface area contributed by atoms with Gasteiger partial charge in [0.25, 0.3) is 0 Å². The molecule has 0 amide bonds. The highest BCUT2D eigenvalue weighted by atomic mass is 35.5. The van der Waals surface area contributed by atoms with E-state index >= 15 is 4.39 Å². The van der Waals surface area contributed by atoms with Crippen LogP contribution in [0, 0.1) is 0 Å². The molecule has 0 atom stereocenters. The summed E-state index contributed by atoms with van der Waals surface area (Å²) in [4.78, 5) is 2.18. The van der Waals surface area contributed by atoms with Crippen LogP contribution in [0.3, 0.4) is 0 Å². The van der Waals surface area contributed by atoms with Gasteiger partial charge in [0.1, 0.15) is 22.2 Å². The van der Waals surface area contributed by atoms with Crippen LogP contribution in [-0.4, -0.2) is 31.4 Å². The van der Waals surface area contributed by atoms with E-state index in [1.165, 1.54) is 6.08 Å². The zero-order chi connectivity index (χ0) is 22.2. The van der Waals surface area contributed by atoms with Crippen molar-refractivity contribution in [3.63, 3.8) is 0 Å². The molecule has 4 nitrogen and oxygen atoms in total. The second kappa shape index (κ2) is 8.49. The molecule has 0 aromatic heterocycles. The molecule has 4 rings (SSSR count). The molecule has 0 saturated carbocycles. The molecule has 0 bridgehead atoms. The number of hydrogen-bond donors (Lipinski definition) is 0. The monoisotopic (exact) mass is 443 g/mol. The maximum Gasteiger partial charge on any atom is 0.525 e. The van der Waals surface area contributed by atoms with Gasteiger partial charge in [-0.05, 0) is 70.9 Å². The summed E-state index contributed by atoms with van der Waals surface area (Å²) in [6, 6.07) is 13.1. The number of para-hydroxylation sites is 1. The number of halogens is 2. The molecule has 2 aliphatic rings. The third-order valence-corrected chi connectivity index (χ3v) is 6.64. The fraction of sp³-hybridized carbons (Fsp3) is 0.417. The number of nitrogens with zero attached hydrogens (tertiary/aromatic N) is 1. The minimum absolute atomic E-state index is 0.473. The van der Waals surface area contributed by atoms with Crippen molar-refractivity contribution in [3.8, 4) is 11.5 Å². The van der Waals surface area contributed by atoms with Crippen molar-refractivity contribution in [3.05, 3.63) is 58.8 Å². The largest absolute Gasteiger partial charge is 0.525 e. The lowest BCUT2D eigenvalue weighted by molar-refractivity contribution is 0.00578. The second-order valence-corrected chi connectivity index (χ2v) is 9.42. The SMILES string of the molecule is CC1(C)OB(/C(F)=C/c2ccc(Oc3ccccc3)c(Cl)c2N2CCCC2)OC1(C)C. The molecule has 0 aliphatic carbocycles. The Balaban J connectivity index is 1.68. The molecule has 0 spiro atoms. The summed E-state index contributed by atoms with van der Waals surface area (Å²) in [6.07, 6.45) is 3.61. The Morgan fingerprint density at radius 1 is 1.03 bits per heavy atom. The van der Waals surface area contributed by atoms with E-state index in [2.05, 4.69) is 4.90 Å². The van der Waals surface area contributed by atoms with E-state index < -0.39 is 24.0 Å². The molecule has 164 valence electrons. The van der Waals surface area contributed by atoms with E-state index in [0.29, 0.717) is 22.1 Å². The lowest BCUT2D eigenvalue weighted by atomic mass is 9.86. The standard InChI is InChI=1S/C24H28BClFNO3/c1-23(2)24(3,4)31-25(30-23)20(27)16-17-12-13-19(29-18-10-6-5-7-11-18)21(26)22(17)28-14-8-9-15-28/h5-7,10-13,16H,8-9,14-15H2,1-4H3/b20-16-. The van der Waals surface area contributed by atoms with Crippen molar-refractivity contribution >= 4 is 30.5 Å². The summed E-state index contributed by atoms with van der Waals surface area (Å²) in [5.74, 6) is 1.24. The topological polar surface area (TPSA) is 30.9 Å². The summed E-state index contributed by atoms with van der Waals surface area (Å²) in [5, 5.41) is 0.473. The highest BCUT2D eigenvalue weighted by Crippen LogP contribution is 2.43. The van der Waals surface area contributed by atoms with Crippen LogP contribution in [0.15, 0.2) is 48.2 Å². The molecule has 0 unspecified atom stereocenters. The van der Waals surface area contributed by atoms with Crippen molar-refractivity contribution in [2.24, 2.45) is 0 Å². The number of rotatable bonds is 5. The average molecular weight is 444 g/mol. The van der Waals surface area contributed by atoms with Crippen molar-refractivity contribution in [2.45, 2.75) is 51.7 Å². The van der Waals surface area contributed by atoms with E-state index in [4.69, 9.17) is 25.6 Å². The summed E-state index contributed by atoms with van der Waals surface area (Å²) < 4.78 is 33.0. The van der Waals surface area contributed by atoms with Gasteiger partial charge in [0.15, 0.2) is 0 Å². The Morgan fingerprint density at radius 3 is 2.26 bits per heavy atom. The summed E-state index contributed by atoms with van der Waals surface area (Å²) in [5.41, 5.74) is -0.234. The first-order valence-electron chi connectivity index (χ1n) is 10.7. The number of anilines is 1. The first-order chi connectivity index (χ1) is 14.7. The molecule has 2 fully saturated rings. The molecule has 31 heavy (non-hydrogen) atoms. The highest BCUT2D eigenvalue weighted by molar-refractivity contribution is 6.54. The number of benzene rings is 2. The third kappa shape index (κ3) is 4.47. The first-order valence-corrected chi connectivity index (χ1v) is 11.1. The molecule has 2 heterocycles. The van der Waals surface area contributed by atoms with Gasteiger partial charge < -0.3 is 18.9 Å². The van der Waals surface area contributed by atoms with Crippen LogP contribution in [0.2, 0.25) is 5.02 Å². The molecule has 0 N–H and O–H groups in total. The van der Waals surface area contributed by atoms with Gasteiger partial charge >= 0.3 is 7.12 Å². The van der Waals surface area contributed by atoms with E-state index in [0.717, 1.165) is 31.6 Å². The summed E-state index contributed by atoms with van der Waals surface area (Å²) >= 11 is 6.80. The van der Waals surface area contributed by atoms with Gasteiger partial charge in [-0.15, -0.1) is 0 Å². The highest BCUT2D eigenvalue weighted by Gasteiger charge is 2.53. The third-order valence-electron chi connectivity index (χ3n) is 6.28. The molecular weight excluding hydrogens is 416 g/mol. The first kappa shape index (κ1) is 22.2. The normalized spacial score (nSPS) is 20.4. The predicted octanol–water partition coefficient (Wildman–Crippen LogP) is 6.67. The Kier molecular flexibility index (Phi) is 6.08. The molecule has 2 saturated heterocycles. The Hall–Kier alpha value is -2.02. The fourth-order valence-corrected chi connectivity index (χ4v) is 4.14. The van der Waals surface area contributed by atoms with Crippen LogP contribution < -0.4 is 9.64 Å². The van der Waals surface area contributed by atoms with Gasteiger partial charge in [0.05, 0.1) is 16.9 Å². The molecule has 2 aromatic rings. The zero-order valence-corrected chi connectivity index (χ0v) is 19.2. The zero-order valence-electron chi connectivity index (χ0n) is 18.5. The summed E-state index contributed by atoms with van der Waals surface area (Å²) in [7, 11) is -1.05. The fourth-order valence-electron chi connectivity index (χ4n) is 3.81. The smallest absolute Gasteiger partial charge is 0.456 e. The maximum absolute atomic E-state index is 15.2. The minimum Gasteiger partial charge on any atom is -0.456 e.